The van der Waals surface area contributed by atoms with Crippen molar-refractivity contribution in [3.63, 3.8) is 0 Å². The number of imidazole rings is 1. The Labute approximate surface area is 124 Å². The Morgan fingerprint density at radius 1 is 1.38 bits per heavy atom. The molecule has 1 amide bonds. The van der Waals surface area contributed by atoms with Crippen molar-refractivity contribution in [1.82, 2.24) is 14.9 Å². The number of methoxy groups -OCH3 is 1. The van der Waals surface area contributed by atoms with Gasteiger partial charge in [0.15, 0.2) is 0 Å². The molecule has 1 aromatic carbocycles. The molecule has 0 saturated carbocycles. The minimum Gasteiger partial charge on any atom is -0.497 e. The maximum Gasteiger partial charge on any atom is 0.238 e. The van der Waals surface area contributed by atoms with Gasteiger partial charge in [-0.1, -0.05) is 0 Å². The number of nitrogens with zero attached hydrogens (tertiary/aromatic N) is 2. The summed E-state index contributed by atoms with van der Waals surface area (Å²) < 4.78 is 7.04. The van der Waals surface area contributed by atoms with Gasteiger partial charge in [0, 0.05) is 30.7 Å². The number of hydrogen-bond donors (Lipinski definition) is 2. The highest BCUT2D eigenvalue weighted by Gasteiger charge is 2.06. The second-order valence-corrected chi connectivity index (χ2v) is 4.82. The van der Waals surface area contributed by atoms with Gasteiger partial charge >= 0.3 is 0 Å². The van der Waals surface area contributed by atoms with Crippen LogP contribution in [-0.4, -0.2) is 35.2 Å². The third-order valence-electron chi connectivity index (χ3n) is 3.03. The van der Waals surface area contributed by atoms with Gasteiger partial charge in [-0.05, 0) is 31.2 Å². The molecule has 6 nitrogen and oxygen atoms in total. The largest absolute Gasteiger partial charge is 0.497 e. The molecule has 2 rings (SSSR count). The van der Waals surface area contributed by atoms with Crippen molar-refractivity contribution in [2.24, 2.45) is 0 Å². The fraction of sp³-hybridized carbons (Fsp3) is 0.333. The van der Waals surface area contributed by atoms with E-state index in [-0.39, 0.29) is 18.5 Å². The molecule has 1 aromatic heterocycles. The van der Waals surface area contributed by atoms with Gasteiger partial charge in [-0.3, -0.25) is 4.79 Å². The third kappa shape index (κ3) is 4.92. The molecule has 0 spiro atoms. The Morgan fingerprint density at radius 3 is 2.76 bits per heavy atom. The quantitative estimate of drug-likeness (QED) is 0.810. The van der Waals surface area contributed by atoms with E-state index in [2.05, 4.69) is 15.6 Å². The summed E-state index contributed by atoms with van der Waals surface area (Å²) in [5.41, 5.74) is 0.755. The Bertz CT molecular complexity index is 552. The highest BCUT2D eigenvalue weighted by Crippen LogP contribution is 2.14. The first-order chi connectivity index (χ1) is 10.2. The first-order valence-corrected chi connectivity index (χ1v) is 6.80. The lowest BCUT2D eigenvalue weighted by molar-refractivity contribution is -0.115. The number of amides is 1. The van der Waals surface area contributed by atoms with Crippen LogP contribution in [0.4, 0.5) is 5.69 Å². The minimum atomic E-state index is -0.0716. The Kier molecular flexibility index (Phi) is 5.34. The summed E-state index contributed by atoms with van der Waals surface area (Å²) in [5.74, 6) is 0.692. The van der Waals surface area contributed by atoms with E-state index in [1.165, 1.54) is 0 Å². The van der Waals surface area contributed by atoms with Gasteiger partial charge in [0.05, 0.1) is 20.0 Å². The van der Waals surface area contributed by atoms with Crippen molar-refractivity contribution in [2.75, 3.05) is 19.0 Å². The first-order valence-electron chi connectivity index (χ1n) is 6.80. The van der Waals surface area contributed by atoms with Crippen molar-refractivity contribution in [3.05, 3.63) is 43.0 Å². The zero-order chi connectivity index (χ0) is 15.1. The number of benzene rings is 1. The van der Waals surface area contributed by atoms with Crippen LogP contribution in [0.15, 0.2) is 43.0 Å². The highest BCUT2D eigenvalue weighted by atomic mass is 16.5. The molecule has 2 aromatic rings. The molecule has 0 bridgehead atoms. The number of aromatic nitrogens is 2. The number of rotatable bonds is 7. The lowest BCUT2D eigenvalue weighted by Crippen LogP contribution is -2.36. The van der Waals surface area contributed by atoms with Crippen LogP contribution in [0.5, 0.6) is 5.75 Å². The van der Waals surface area contributed by atoms with Crippen molar-refractivity contribution in [3.8, 4) is 5.75 Å². The van der Waals surface area contributed by atoms with Crippen molar-refractivity contribution in [2.45, 2.75) is 19.5 Å². The molecule has 0 saturated heterocycles. The number of nitrogens with one attached hydrogen (secondary N) is 2. The van der Waals surface area contributed by atoms with E-state index in [0.29, 0.717) is 0 Å². The van der Waals surface area contributed by atoms with Crippen molar-refractivity contribution < 1.29 is 9.53 Å². The molecule has 21 heavy (non-hydrogen) atoms. The first kappa shape index (κ1) is 15.1. The number of ether oxygens (including phenoxy) is 1. The minimum absolute atomic E-state index is 0.0716. The standard InChI is InChI=1S/C15H20N4O2/c1-12(10-19-8-7-16-11-19)17-9-15(20)18-13-3-5-14(21-2)6-4-13/h3-8,11-12,17H,9-10H2,1-2H3,(H,18,20). The molecule has 6 heteroatoms. The number of anilines is 1. The van der Waals surface area contributed by atoms with Gasteiger partial charge in [0.2, 0.25) is 5.91 Å². The maximum absolute atomic E-state index is 11.8. The SMILES string of the molecule is COc1ccc(NC(=O)CNC(C)Cn2ccnc2)cc1. The van der Waals surface area contributed by atoms with Crippen LogP contribution in [0, 0.1) is 0 Å². The van der Waals surface area contributed by atoms with Crippen molar-refractivity contribution in [1.29, 1.82) is 0 Å². The number of carbonyl (C=O) groups is 1. The zero-order valence-electron chi connectivity index (χ0n) is 12.2. The van der Waals surface area contributed by atoms with Gasteiger partial charge in [-0.2, -0.15) is 0 Å². The van der Waals surface area contributed by atoms with E-state index in [4.69, 9.17) is 4.74 Å². The van der Waals surface area contributed by atoms with Gasteiger partial charge in [-0.25, -0.2) is 4.98 Å². The normalized spacial score (nSPS) is 11.9. The zero-order valence-corrected chi connectivity index (χ0v) is 12.2. The van der Waals surface area contributed by atoms with E-state index < -0.39 is 0 Å². The molecule has 0 aliphatic heterocycles. The second kappa shape index (κ2) is 7.44. The van der Waals surface area contributed by atoms with Crippen LogP contribution in [0.3, 0.4) is 0 Å². The summed E-state index contributed by atoms with van der Waals surface area (Å²) >= 11 is 0. The summed E-state index contributed by atoms with van der Waals surface area (Å²) in [6.45, 7) is 3.07. The Hall–Kier alpha value is -2.34. The molecule has 1 unspecified atom stereocenters. The van der Waals surface area contributed by atoms with E-state index in [9.17, 15) is 4.79 Å². The number of hydrogen-bond acceptors (Lipinski definition) is 4. The average Bonchev–Trinajstić information content (AvgIpc) is 2.99. The van der Waals surface area contributed by atoms with Gasteiger partial charge in [0.25, 0.3) is 0 Å². The van der Waals surface area contributed by atoms with E-state index in [1.807, 2.05) is 42.0 Å². The average molecular weight is 288 g/mol. The molecule has 0 aliphatic carbocycles. The summed E-state index contributed by atoms with van der Waals surface area (Å²) in [5, 5.41) is 6.01. The van der Waals surface area contributed by atoms with E-state index >= 15 is 0 Å². The van der Waals surface area contributed by atoms with E-state index in [0.717, 1.165) is 18.0 Å². The molecule has 1 atom stereocenters. The lowest BCUT2D eigenvalue weighted by atomic mass is 10.3. The molecule has 2 N–H and O–H groups in total. The van der Waals surface area contributed by atoms with Crippen LogP contribution < -0.4 is 15.4 Å². The van der Waals surface area contributed by atoms with Crippen LogP contribution in [0.2, 0.25) is 0 Å². The lowest BCUT2D eigenvalue weighted by Gasteiger charge is -2.14. The molecular weight excluding hydrogens is 268 g/mol. The van der Waals surface area contributed by atoms with Crippen LogP contribution in [0.1, 0.15) is 6.92 Å². The van der Waals surface area contributed by atoms with Gasteiger partial charge < -0.3 is 19.9 Å². The van der Waals surface area contributed by atoms with Gasteiger partial charge in [-0.15, -0.1) is 0 Å². The molecule has 0 fully saturated rings. The molecular formula is C15H20N4O2. The molecule has 0 aliphatic rings. The van der Waals surface area contributed by atoms with Crippen LogP contribution in [0.25, 0.3) is 0 Å². The van der Waals surface area contributed by atoms with Crippen LogP contribution in [-0.2, 0) is 11.3 Å². The Morgan fingerprint density at radius 2 is 2.14 bits per heavy atom. The predicted molar refractivity (Wildman–Crippen MR) is 81.3 cm³/mol. The third-order valence-corrected chi connectivity index (χ3v) is 3.03. The topological polar surface area (TPSA) is 68.2 Å². The second-order valence-electron chi connectivity index (χ2n) is 4.82. The highest BCUT2D eigenvalue weighted by molar-refractivity contribution is 5.92. The van der Waals surface area contributed by atoms with Crippen LogP contribution >= 0.6 is 0 Å². The summed E-state index contributed by atoms with van der Waals surface area (Å²) in [6, 6.07) is 7.42. The van der Waals surface area contributed by atoms with Crippen molar-refractivity contribution >= 4 is 11.6 Å². The fourth-order valence-electron chi connectivity index (χ4n) is 1.92. The molecule has 112 valence electrons. The monoisotopic (exact) mass is 288 g/mol. The fourth-order valence-corrected chi connectivity index (χ4v) is 1.92. The Balaban J connectivity index is 1.73. The number of carbonyl (C=O) groups excluding carboxylic acids is 1. The van der Waals surface area contributed by atoms with E-state index in [1.54, 1.807) is 19.6 Å². The smallest absolute Gasteiger partial charge is 0.238 e. The maximum atomic E-state index is 11.8. The molecule has 1 heterocycles. The summed E-state index contributed by atoms with van der Waals surface area (Å²) in [4.78, 5) is 15.8. The summed E-state index contributed by atoms with van der Waals surface area (Å²) in [7, 11) is 1.61. The molecule has 0 radical (unpaired) electrons. The van der Waals surface area contributed by atoms with Gasteiger partial charge in [0.1, 0.15) is 5.75 Å². The summed E-state index contributed by atoms with van der Waals surface area (Å²) in [6.07, 6.45) is 5.40. The predicted octanol–water partition coefficient (Wildman–Crippen LogP) is 1.51.